The number of ether oxygens (including phenoxy) is 4. The third-order valence-electron chi connectivity index (χ3n) is 5.03. The summed E-state index contributed by atoms with van der Waals surface area (Å²) in [5.41, 5.74) is 2.27. The van der Waals surface area contributed by atoms with Crippen LogP contribution in [0.25, 0.3) is 11.1 Å². The molecule has 0 aliphatic rings. The molecular formula is C26H34O6. The summed E-state index contributed by atoms with van der Waals surface area (Å²) in [5.74, 6) is 1.74. The van der Waals surface area contributed by atoms with E-state index in [2.05, 4.69) is 33.7 Å². The highest BCUT2D eigenvalue weighted by molar-refractivity contribution is 5.64. The van der Waals surface area contributed by atoms with Crippen molar-refractivity contribution in [1.82, 2.24) is 0 Å². The first-order chi connectivity index (χ1) is 15.8. The molecule has 2 aromatic rings. The Kier molecular flexibility index (Phi) is 13.1. The molecule has 0 saturated carbocycles. The van der Waals surface area contributed by atoms with E-state index in [9.17, 15) is 9.59 Å². The minimum atomic E-state index is 0.496. The van der Waals surface area contributed by atoms with E-state index in [0.717, 1.165) is 74.0 Å². The zero-order valence-electron chi connectivity index (χ0n) is 18.7. The van der Waals surface area contributed by atoms with Crippen LogP contribution in [0.4, 0.5) is 0 Å². The molecule has 2 rings (SSSR count). The molecule has 6 heteroatoms. The summed E-state index contributed by atoms with van der Waals surface area (Å²) in [4.78, 5) is 20.1. The van der Waals surface area contributed by atoms with E-state index in [4.69, 9.17) is 9.47 Å². The summed E-state index contributed by atoms with van der Waals surface area (Å²) in [6, 6.07) is 16.3. The van der Waals surface area contributed by atoms with Crippen LogP contribution in [0.3, 0.4) is 0 Å². The fourth-order valence-electron chi connectivity index (χ4n) is 3.25. The molecule has 0 radical (unpaired) electrons. The van der Waals surface area contributed by atoms with E-state index < -0.39 is 0 Å². The molecule has 0 bridgehead atoms. The molecule has 0 saturated heterocycles. The van der Waals surface area contributed by atoms with Crippen LogP contribution in [0.1, 0.15) is 51.4 Å². The van der Waals surface area contributed by atoms with Crippen molar-refractivity contribution >= 4 is 12.9 Å². The van der Waals surface area contributed by atoms with Crippen molar-refractivity contribution in [2.75, 3.05) is 26.4 Å². The van der Waals surface area contributed by atoms with Gasteiger partial charge in [0, 0.05) is 0 Å². The van der Waals surface area contributed by atoms with E-state index in [1.807, 2.05) is 24.3 Å². The Morgan fingerprint density at radius 3 is 1.16 bits per heavy atom. The highest BCUT2D eigenvalue weighted by Gasteiger charge is 2.01. The average Bonchev–Trinajstić information content (AvgIpc) is 2.83. The second-order valence-corrected chi connectivity index (χ2v) is 7.51. The summed E-state index contributed by atoms with van der Waals surface area (Å²) in [5, 5.41) is 0. The summed E-state index contributed by atoms with van der Waals surface area (Å²) in [6.45, 7) is 3.36. The highest BCUT2D eigenvalue weighted by Crippen LogP contribution is 2.25. The molecule has 0 atom stereocenters. The van der Waals surface area contributed by atoms with Crippen LogP contribution in [0.5, 0.6) is 11.5 Å². The molecule has 0 aliphatic carbocycles. The number of unbranched alkanes of at least 4 members (excludes halogenated alkanes) is 6. The van der Waals surface area contributed by atoms with Crippen molar-refractivity contribution in [3.8, 4) is 22.6 Å². The fourth-order valence-corrected chi connectivity index (χ4v) is 3.25. The summed E-state index contributed by atoms with van der Waals surface area (Å²) < 4.78 is 21.0. The van der Waals surface area contributed by atoms with Crippen molar-refractivity contribution in [3.63, 3.8) is 0 Å². The largest absolute Gasteiger partial charge is 0.494 e. The van der Waals surface area contributed by atoms with E-state index in [0.29, 0.717) is 39.4 Å². The number of carbonyl (C=O) groups is 2. The number of rotatable bonds is 19. The molecule has 174 valence electrons. The molecule has 0 spiro atoms. The van der Waals surface area contributed by atoms with Crippen molar-refractivity contribution < 1.29 is 28.5 Å². The minimum absolute atomic E-state index is 0.496. The molecule has 0 aromatic heterocycles. The standard InChI is InChI=1S/C26H34O6/c27-21-29-17-5-1-3-7-19-31-25-13-9-23(10-14-25)24-11-15-26(16-12-24)32-20-8-4-2-6-18-30-22-28/h9-16,21-22H,1-8,17-20H2. The lowest BCUT2D eigenvalue weighted by atomic mass is 10.1. The van der Waals surface area contributed by atoms with Gasteiger partial charge in [0.1, 0.15) is 11.5 Å². The number of benzene rings is 2. The smallest absolute Gasteiger partial charge is 0.293 e. The van der Waals surface area contributed by atoms with Crippen molar-refractivity contribution in [3.05, 3.63) is 48.5 Å². The molecule has 0 fully saturated rings. The van der Waals surface area contributed by atoms with Gasteiger partial charge < -0.3 is 18.9 Å². The summed E-state index contributed by atoms with van der Waals surface area (Å²) >= 11 is 0. The van der Waals surface area contributed by atoms with Crippen molar-refractivity contribution in [2.45, 2.75) is 51.4 Å². The number of carbonyl (C=O) groups excluding carboxylic acids is 2. The molecule has 32 heavy (non-hydrogen) atoms. The van der Waals surface area contributed by atoms with Gasteiger partial charge in [0.2, 0.25) is 0 Å². The first kappa shape index (κ1) is 25.2. The molecule has 0 amide bonds. The predicted octanol–water partition coefficient (Wildman–Crippen LogP) is 5.58. The van der Waals surface area contributed by atoms with Gasteiger partial charge in [0.15, 0.2) is 0 Å². The maximum absolute atomic E-state index is 10.1. The first-order valence-electron chi connectivity index (χ1n) is 11.4. The van der Waals surface area contributed by atoms with Crippen LogP contribution in [0, 0.1) is 0 Å². The fraction of sp³-hybridized carbons (Fsp3) is 0.462. The third kappa shape index (κ3) is 10.8. The quantitative estimate of drug-likeness (QED) is 0.209. The SMILES string of the molecule is O=COCCCCCCOc1ccc(-c2ccc(OCCCCCCOC=O)cc2)cc1. The van der Waals surface area contributed by atoms with Crippen LogP contribution >= 0.6 is 0 Å². The summed E-state index contributed by atoms with van der Waals surface area (Å²) in [6.07, 6.45) is 7.96. The molecule has 0 N–H and O–H groups in total. The molecule has 6 nitrogen and oxygen atoms in total. The summed E-state index contributed by atoms with van der Waals surface area (Å²) in [7, 11) is 0. The molecular weight excluding hydrogens is 408 g/mol. The Bertz CT molecular complexity index is 676. The molecule has 0 unspecified atom stereocenters. The van der Waals surface area contributed by atoms with Gasteiger partial charge in [-0.05, 0) is 86.8 Å². The predicted molar refractivity (Wildman–Crippen MR) is 124 cm³/mol. The topological polar surface area (TPSA) is 71.1 Å². The zero-order valence-corrected chi connectivity index (χ0v) is 18.7. The first-order valence-corrected chi connectivity index (χ1v) is 11.4. The van der Waals surface area contributed by atoms with E-state index >= 15 is 0 Å². The van der Waals surface area contributed by atoms with Gasteiger partial charge in [-0.15, -0.1) is 0 Å². The van der Waals surface area contributed by atoms with Crippen molar-refractivity contribution in [2.24, 2.45) is 0 Å². The maximum atomic E-state index is 10.1. The lowest BCUT2D eigenvalue weighted by Gasteiger charge is -2.09. The van der Waals surface area contributed by atoms with Crippen LogP contribution < -0.4 is 9.47 Å². The minimum Gasteiger partial charge on any atom is -0.494 e. The Morgan fingerprint density at radius 1 is 0.469 bits per heavy atom. The van der Waals surface area contributed by atoms with E-state index in [1.165, 1.54) is 0 Å². The second kappa shape index (κ2) is 16.6. The number of hydrogen-bond acceptors (Lipinski definition) is 6. The molecule has 2 aromatic carbocycles. The average molecular weight is 443 g/mol. The van der Waals surface area contributed by atoms with Crippen molar-refractivity contribution in [1.29, 1.82) is 0 Å². The maximum Gasteiger partial charge on any atom is 0.293 e. The van der Waals surface area contributed by atoms with Gasteiger partial charge in [-0.2, -0.15) is 0 Å². The van der Waals surface area contributed by atoms with Crippen LogP contribution in [0.2, 0.25) is 0 Å². The number of hydrogen-bond donors (Lipinski definition) is 0. The van der Waals surface area contributed by atoms with Gasteiger partial charge in [-0.1, -0.05) is 24.3 Å². The zero-order chi connectivity index (χ0) is 22.7. The molecule has 0 aliphatic heterocycles. The van der Waals surface area contributed by atoms with Gasteiger partial charge in [-0.25, -0.2) is 0 Å². The lowest BCUT2D eigenvalue weighted by Crippen LogP contribution is -1.98. The monoisotopic (exact) mass is 442 g/mol. The highest BCUT2D eigenvalue weighted by atomic mass is 16.5. The van der Waals surface area contributed by atoms with Crippen LogP contribution in [-0.4, -0.2) is 39.4 Å². The van der Waals surface area contributed by atoms with Gasteiger partial charge >= 0.3 is 0 Å². The van der Waals surface area contributed by atoms with Gasteiger partial charge in [-0.3, -0.25) is 9.59 Å². The third-order valence-corrected chi connectivity index (χ3v) is 5.03. The van der Waals surface area contributed by atoms with E-state index in [1.54, 1.807) is 0 Å². The Morgan fingerprint density at radius 2 is 0.812 bits per heavy atom. The Hall–Kier alpha value is -3.02. The van der Waals surface area contributed by atoms with Crippen LogP contribution in [-0.2, 0) is 19.1 Å². The second-order valence-electron chi connectivity index (χ2n) is 7.51. The lowest BCUT2D eigenvalue weighted by molar-refractivity contribution is -0.129. The van der Waals surface area contributed by atoms with Crippen LogP contribution in [0.15, 0.2) is 48.5 Å². The van der Waals surface area contributed by atoms with Gasteiger partial charge in [0.25, 0.3) is 12.9 Å². The van der Waals surface area contributed by atoms with Gasteiger partial charge in [0.05, 0.1) is 26.4 Å². The molecule has 0 heterocycles. The van der Waals surface area contributed by atoms with E-state index in [-0.39, 0.29) is 0 Å². The Balaban J connectivity index is 1.62. The Labute approximate surface area is 190 Å². The normalized spacial score (nSPS) is 10.4.